The quantitative estimate of drug-likeness (QED) is 0.0241. The molecule has 0 rings (SSSR count). The fraction of sp³-hybridized carbons (Fsp3) is 0.853. The Balaban J connectivity index is -0.000000122. The van der Waals surface area contributed by atoms with Crippen molar-refractivity contribution in [3.8, 4) is 0 Å². The molecule has 0 aliphatic rings. The standard InChI is InChI=1S/C10H23N3O2.C9H20N2O.C8H18N3.C3H6O.C2H4O2.C2H6/c1-5-11-10(15-9(2)14)12-7-6-8-13(3)4;1-4-10-9(12)7-5-6-8-11(2)3;1-4-9-8-10-6-5-7-11(2)3;1-3(2)4;1-2(3)4;1-2/h10-12H,5-8H2,1-4H3;4-8H2,1-3H3,(H,10,12);4-7H2,1-3H3,(H,9,10);1-2H3;1H3,(H,3,4);1-2H3/q;;+1;;;. The molecule has 0 saturated carbocycles. The Kier molecular flexibility index (Phi) is 58.3. The van der Waals surface area contributed by atoms with Crippen molar-refractivity contribution in [3.63, 3.8) is 0 Å². The minimum absolute atomic E-state index is 0.167. The van der Waals surface area contributed by atoms with Crippen molar-refractivity contribution in [2.24, 2.45) is 4.99 Å². The normalized spacial score (nSPS) is 10.2. The van der Waals surface area contributed by atoms with Crippen molar-refractivity contribution in [2.45, 2.75) is 101 Å². The number of carboxylic acid groups (broad SMARTS) is 1. The minimum Gasteiger partial charge on any atom is -0.481 e. The summed E-state index contributed by atoms with van der Waals surface area (Å²) in [5.74, 6) is -0.766. The van der Waals surface area contributed by atoms with Crippen molar-refractivity contribution >= 4 is 30.0 Å². The zero-order chi connectivity index (χ0) is 38.8. The van der Waals surface area contributed by atoms with Crippen LogP contribution in [0, 0.1) is 0 Å². The molecule has 14 nitrogen and oxygen atoms in total. The summed E-state index contributed by atoms with van der Waals surface area (Å²) in [5, 5.41) is 19.3. The maximum Gasteiger partial charge on any atom is 0.514 e. The lowest BCUT2D eigenvalue weighted by Crippen LogP contribution is -2.46. The van der Waals surface area contributed by atoms with Gasteiger partial charge < -0.3 is 34.7 Å². The van der Waals surface area contributed by atoms with Crippen LogP contribution in [0.4, 0.5) is 0 Å². The van der Waals surface area contributed by atoms with Crippen LogP contribution in [0.15, 0.2) is 4.99 Å². The van der Waals surface area contributed by atoms with Crippen molar-refractivity contribution in [3.05, 3.63) is 0 Å². The molecular weight excluding hydrogens is 616 g/mol. The van der Waals surface area contributed by atoms with E-state index in [9.17, 15) is 14.4 Å². The first-order chi connectivity index (χ1) is 22.5. The number of carbonyl (C=O) groups is 4. The van der Waals surface area contributed by atoms with E-state index in [1.54, 1.807) is 0 Å². The van der Waals surface area contributed by atoms with E-state index >= 15 is 0 Å². The molecule has 1 atom stereocenters. The Morgan fingerprint density at radius 2 is 1.19 bits per heavy atom. The third kappa shape index (κ3) is 90.2. The number of ether oxygens (including phenoxy) is 1. The first-order valence-electron chi connectivity index (χ1n) is 17.1. The summed E-state index contributed by atoms with van der Waals surface area (Å²) in [7, 11) is 12.3. The van der Waals surface area contributed by atoms with Gasteiger partial charge in [-0.2, -0.15) is 5.32 Å². The number of amides is 1. The Morgan fingerprint density at radius 1 is 0.729 bits per heavy atom. The summed E-state index contributed by atoms with van der Waals surface area (Å²) >= 11 is 0. The summed E-state index contributed by atoms with van der Waals surface area (Å²) in [6.07, 6.45) is 7.29. The molecule has 0 aromatic carbocycles. The maximum absolute atomic E-state index is 11.0. The topological polar surface area (TPSA) is 168 Å². The van der Waals surface area contributed by atoms with Crippen LogP contribution in [0.1, 0.15) is 94.4 Å². The SMILES string of the molecule is CC.CC(=O)O.CC(C)=O.CCNC(=O)CCCCN(C)C.CCNC(NCCCN(C)C)OC(C)=O.CCN[C+]=NCCCN(C)C. The monoisotopic (exact) mass is 694 g/mol. The van der Waals surface area contributed by atoms with E-state index in [-0.39, 0.29) is 24.0 Å². The summed E-state index contributed by atoms with van der Waals surface area (Å²) < 4.78 is 5.02. The number of ketones is 1. The van der Waals surface area contributed by atoms with Gasteiger partial charge in [-0.1, -0.05) is 20.8 Å². The second-order valence-corrected chi connectivity index (χ2v) is 11.0. The molecule has 14 heteroatoms. The molecule has 0 aromatic rings. The fourth-order valence-electron chi connectivity index (χ4n) is 2.79. The number of rotatable bonds is 20. The fourth-order valence-corrected chi connectivity index (χ4v) is 2.79. The van der Waals surface area contributed by atoms with Gasteiger partial charge in [0, 0.05) is 33.4 Å². The van der Waals surface area contributed by atoms with Gasteiger partial charge in [-0.05, 0) is 127 Å². The summed E-state index contributed by atoms with van der Waals surface area (Å²) in [6, 6.07) is 0. The highest BCUT2D eigenvalue weighted by atomic mass is 16.6. The Morgan fingerprint density at radius 3 is 1.58 bits per heavy atom. The van der Waals surface area contributed by atoms with Gasteiger partial charge >= 0.3 is 12.3 Å². The molecule has 0 radical (unpaired) electrons. The lowest BCUT2D eigenvalue weighted by atomic mass is 10.2. The van der Waals surface area contributed by atoms with E-state index in [2.05, 4.69) is 61.4 Å². The second-order valence-electron chi connectivity index (χ2n) is 11.0. The molecule has 0 spiro atoms. The van der Waals surface area contributed by atoms with Crippen LogP contribution in [-0.2, 0) is 23.9 Å². The molecule has 5 N–H and O–H groups in total. The summed E-state index contributed by atoms with van der Waals surface area (Å²) in [4.78, 5) is 50.6. The van der Waals surface area contributed by atoms with Crippen LogP contribution in [0.2, 0.25) is 0 Å². The highest BCUT2D eigenvalue weighted by Crippen LogP contribution is 1.95. The van der Waals surface area contributed by atoms with E-state index in [1.807, 2.05) is 62.8 Å². The molecule has 0 bridgehead atoms. The zero-order valence-corrected chi connectivity index (χ0v) is 33.5. The van der Waals surface area contributed by atoms with E-state index in [0.717, 1.165) is 85.0 Å². The largest absolute Gasteiger partial charge is 0.514 e. The maximum atomic E-state index is 11.0. The van der Waals surface area contributed by atoms with Crippen LogP contribution in [0.5, 0.6) is 0 Å². The first kappa shape index (κ1) is 57.5. The molecule has 0 aliphatic carbocycles. The predicted octanol–water partition coefficient (Wildman–Crippen LogP) is 3.00. The number of nitrogens with zero attached hydrogens (tertiary/aromatic N) is 4. The molecule has 1 unspecified atom stereocenters. The molecule has 0 saturated heterocycles. The average molecular weight is 694 g/mol. The van der Waals surface area contributed by atoms with E-state index < -0.39 is 5.97 Å². The molecule has 0 aliphatic heterocycles. The smallest absolute Gasteiger partial charge is 0.481 e. The molecule has 48 heavy (non-hydrogen) atoms. The van der Waals surface area contributed by atoms with Gasteiger partial charge in [0.15, 0.2) is 0 Å². The van der Waals surface area contributed by atoms with Crippen molar-refractivity contribution in [2.75, 3.05) is 94.6 Å². The van der Waals surface area contributed by atoms with Gasteiger partial charge in [0.1, 0.15) is 5.78 Å². The van der Waals surface area contributed by atoms with Crippen molar-refractivity contribution in [1.29, 1.82) is 0 Å². The van der Waals surface area contributed by atoms with Gasteiger partial charge in [0.05, 0.1) is 13.1 Å². The number of carbonyl (C=O) groups excluding carboxylic acids is 3. The molecule has 288 valence electrons. The number of Topliss-reactive ketones (excluding diaryl/α,β-unsaturated/α-hetero) is 1. The Bertz CT molecular complexity index is 704. The van der Waals surface area contributed by atoms with Gasteiger partial charge in [-0.15, -0.1) is 0 Å². The lowest BCUT2D eigenvalue weighted by Gasteiger charge is -2.19. The molecule has 1 amide bonds. The highest BCUT2D eigenvalue weighted by Gasteiger charge is 2.08. The van der Waals surface area contributed by atoms with E-state index in [1.165, 1.54) is 20.8 Å². The summed E-state index contributed by atoms with van der Waals surface area (Å²) in [5.41, 5.74) is 0. The third-order valence-corrected chi connectivity index (χ3v) is 4.63. The second kappa shape index (κ2) is 48.7. The zero-order valence-electron chi connectivity index (χ0n) is 33.5. The first-order valence-corrected chi connectivity index (χ1v) is 17.1. The minimum atomic E-state index is -0.833. The number of nitrogens with one attached hydrogen (secondary N) is 4. The van der Waals surface area contributed by atoms with E-state index in [0.29, 0.717) is 6.42 Å². The number of aliphatic imine (C=N–C) groups is 1. The van der Waals surface area contributed by atoms with Crippen LogP contribution in [0.3, 0.4) is 0 Å². The Hall–Kier alpha value is -2.74. The molecule has 0 aromatic heterocycles. The van der Waals surface area contributed by atoms with Gasteiger partial charge in [-0.3, -0.25) is 25.0 Å². The number of aliphatic carboxylic acids is 1. The van der Waals surface area contributed by atoms with Crippen LogP contribution in [0.25, 0.3) is 0 Å². The van der Waals surface area contributed by atoms with Crippen molar-refractivity contribution in [1.82, 2.24) is 36.0 Å². The third-order valence-electron chi connectivity index (χ3n) is 4.63. The molecular formula is C34H77N8O6+. The van der Waals surface area contributed by atoms with E-state index in [4.69, 9.17) is 14.6 Å². The number of esters is 1. The molecule has 0 fully saturated rings. The average Bonchev–Trinajstić information content (AvgIpc) is 2.96. The Labute approximate surface area is 295 Å². The number of carboxylic acids is 1. The van der Waals surface area contributed by atoms with Crippen LogP contribution in [-0.4, -0.2) is 151 Å². The van der Waals surface area contributed by atoms with Crippen molar-refractivity contribution < 1.29 is 29.0 Å². The van der Waals surface area contributed by atoms with Crippen LogP contribution < -0.4 is 21.3 Å². The molecule has 0 heterocycles. The van der Waals surface area contributed by atoms with Gasteiger partial charge in [0.2, 0.25) is 12.3 Å². The number of hydrogen-bond donors (Lipinski definition) is 5. The van der Waals surface area contributed by atoms with Crippen LogP contribution >= 0.6 is 0 Å². The summed E-state index contributed by atoms with van der Waals surface area (Å²) in [6.45, 7) is 22.8. The van der Waals surface area contributed by atoms with Gasteiger partial charge in [0.25, 0.3) is 5.97 Å². The van der Waals surface area contributed by atoms with Gasteiger partial charge in [-0.25, -0.2) is 0 Å². The lowest BCUT2D eigenvalue weighted by molar-refractivity contribution is -0.149. The number of unbranched alkanes of at least 4 members (excludes halogenated alkanes) is 1. The highest BCUT2D eigenvalue weighted by molar-refractivity contribution is 5.75. The number of hydrogen-bond acceptors (Lipinski definition) is 11. The predicted molar refractivity (Wildman–Crippen MR) is 202 cm³/mol.